The zero-order valence-corrected chi connectivity index (χ0v) is 8.69. The second kappa shape index (κ2) is 3.74. The molecule has 0 aromatic carbocycles. The fourth-order valence-electron chi connectivity index (χ4n) is 1.52. The molecule has 2 aliphatic rings. The molecule has 0 spiro atoms. The fourth-order valence-corrected chi connectivity index (χ4v) is 1.52. The van der Waals surface area contributed by atoms with E-state index in [1.165, 1.54) is 12.2 Å². The summed E-state index contributed by atoms with van der Waals surface area (Å²) in [6.07, 6.45) is 9.81. The van der Waals surface area contributed by atoms with E-state index in [9.17, 15) is 9.59 Å². The Morgan fingerprint density at radius 1 is 0.688 bits per heavy atom. The van der Waals surface area contributed by atoms with Crippen LogP contribution in [0.1, 0.15) is 0 Å². The fraction of sp³-hybridized carbons (Fsp3) is 0. The molecular weight excluding hydrogens is 200 g/mol. The lowest BCUT2D eigenvalue weighted by Crippen LogP contribution is -2.05. The third kappa shape index (κ3) is 1.77. The number of carbonyl (C=O) groups excluding carboxylic acids is 2. The van der Waals surface area contributed by atoms with Gasteiger partial charge in [-0.3, -0.25) is 9.59 Å². The van der Waals surface area contributed by atoms with Gasteiger partial charge in [0.2, 0.25) is 0 Å². The molecule has 0 fully saturated rings. The highest BCUT2D eigenvalue weighted by Crippen LogP contribution is 2.23. The van der Waals surface area contributed by atoms with Gasteiger partial charge in [-0.05, 0) is 35.5 Å². The molecule has 0 saturated heterocycles. The molecule has 0 heterocycles. The summed E-state index contributed by atoms with van der Waals surface area (Å²) in [6.45, 7) is 7.31. The molecule has 0 bridgehead atoms. The number of hydrogen-bond acceptors (Lipinski definition) is 2. The molecule has 16 heavy (non-hydrogen) atoms. The van der Waals surface area contributed by atoms with Crippen molar-refractivity contribution in [2.75, 3.05) is 0 Å². The molecule has 0 aliphatic heterocycles. The SMILES string of the molecule is C=C1C=C(C2=CC(=C)C(=O)C=C2)C=CC1=O. The predicted molar refractivity (Wildman–Crippen MR) is 62.7 cm³/mol. The van der Waals surface area contributed by atoms with Crippen molar-refractivity contribution in [2.24, 2.45) is 0 Å². The minimum absolute atomic E-state index is 0.0842. The van der Waals surface area contributed by atoms with Crippen molar-refractivity contribution in [3.8, 4) is 0 Å². The van der Waals surface area contributed by atoms with Gasteiger partial charge in [0.05, 0.1) is 0 Å². The highest BCUT2D eigenvalue weighted by atomic mass is 16.1. The number of hydrogen-bond donors (Lipinski definition) is 0. The van der Waals surface area contributed by atoms with Gasteiger partial charge in [0.1, 0.15) is 0 Å². The Hall–Kier alpha value is -2.22. The molecule has 0 amide bonds. The summed E-state index contributed by atoms with van der Waals surface area (Å²) in [5, 5.41) is 0. The summed E-state index contributed by atoms with van der Waals surface area (Å²) in [5.41, 5.74) is 2.65. The molecule has 0 unspecified atom stereocenters. The van der Waals surface area contributed by atoms with Crippen LogP contribution < -0.4 is 0 Å². The van der Waals surface area contributed by atoms with Crippen molar-refractivity contribution in [3.63, 3.8) is 0 Å². The summed E-state index contributed by atoms with van der Waals surface area (Å²) < 4.78 is 0. The second-order valence-electron chi connectivity index (χ2n) is 3.65. The van der Waals surface area contributed by atoms with E-state index in [-0.39, 0.29) is 11.6 Å². The molecule has 0 radical (unpaired) electrons. The lowest BCUT2D eigenvalue weighted by molar-refractivity contribution is -0.111. The Labute approximate surface area is 93.7 Å². The van der Waals surface area contributed by atoms with Crippen LogP contribution in [-0.4, -0.2) is 11.6 Å². The van der Waals surface area contributed by atoms with Gasteiger partial charge in [0.15, 0.2) is 11.6 Å². The Morgan fingerprint density at radius 2 is 1.06 bits per heavy atom. The van der Waals surface area contributed by atoms with E-state index < -0.39 is 0 Å². The van der Waals surface area contributed by atoms with Gasteiger partial charge in [0, 0.05) is 11.1 Å². The van der Waals surface area contributed by atoms with Crippen LogP contribution in [0, 0.1) is 0 Å². The van der Waals surface area contributed by atoms with Crippen molar-refractivity contribution < 1.29 is 9.59 Å². The third-order valence-corrected chi connectivity index (χ3v) is 2.45. The lowest BCUT2D eigenvalue weighted by Gasteiger charge is -2.12. The van der Waals surface area contributed by atoms with E-state index in [0.717, 1.165) is 11.1 Å². The molecular formula is C14H10O2. The van der Waals surface area contributed by atoms with Gasteiger partial charge in [-0.15, -0.1) is 0 Å². The van der Waals surface area contributed by atoms with E-state index in [2.05, 4.69) is 13.2 Å². The van der Waals surface area contributed by atoms with Crippen LogP contribution in [0.2, 0.25) is 0 Å². The first-order valence-electron chi connectivity index (χ1n) is 4.84. The number of ketones is 2. The predicted octanol–water partition coefficient (Wildman–Crippen LogP) is 2.23. The first-order valence-corrected chi connectivity index (χ1v) is 4.84. The Morgan fingerprint density at radius 3 is 1.38 bits per heavy atom. The summed E-state index contributed by atoms with van der Waals surface area (Å²) in [7, 11) is 0. The van der Waals surface area contributed by atoms with Gasteiger partial charge in [-0.2, -0.15) is 0 Å². The average molecular weight is 210 g/mol. The first-order chi connectivity index (χ1) is 7.58. The lowest BCUT2D eigenvalue weighted by atomic mass is 9.91. The van der Waals surface area contributed by atoms with Crippen LogP contribution in [0.25, 0.3) is 0 Å². The number of carbonyl (C=O) groups is 2. The molecule has 0 aromatic rings. The van der Waals surface area contributed by atoms with Crippen LogP contribution in [0.5, 0.6) is 0 Å². The third-order valence-electron chi connectivity index (χ3n) is 2.45. The van der Waals surface area contributed by atoms with Gasteiger partial charge >= 0.3 is 0 Å². The van der Waals surface area contributed by atoms with Crippen LogP contribution in [0.4, 0.5) is 0 Å². The maximum absolute atomic E-state index is 11.2. The zero-order valence-electron chi connectivity index (χ0n) is 8.69. The number of rotatable bonds is 1. The zero-order chi connectivity index (χ0) is 11.7. The largest absolute Gasteiger partial charge is 0.289 e. The van der Waals surface area contributed by atoms with Crippen molar-refractivity contribution >= 4 is 11.6 Å². The summed E-state index contributed by atoms with van der Waals surface area (Å²) in [4.78, 5) is 22.4. The van der Waals surface area contributed by atoms with Crippen LogP contribution in [0.3, 0.4) is 0 Å². The van der Waals surface area contributed by atoms with E-state index in [4.69, 9.17) is 0 Å². The van der Waals surface area contributed by atoms with Gasteiger partial charge < -0.3 is 0 Å². The maximum atomic E-state index is 11.2. The Bertz CT molecular complexity index is 487. The molecule has 78 valence electrons. The second-order valence-corrected chi connectivity index (χ2v) is 3.65. The minimum atomic E-state index is -0.0842. The maximum Gasteiger partial charge on any atom is 0.185 e. The Kier molecular flexibility index (Phi) is 2.41. The van der Waals surface area contributed by atoms with E-state index in [1.54, 1.807) is 24.3 Å². The standard InChI is InChI=1S/C14H10O2/c1-9-7-11(3-5-13(9)15)12-4-6-14(16)10(2)8-12/h3-8H,1-2H2. The average Bonchev–Trinajstić information content (AvgIpc) is 2.26. The molecule has 0 atom stereocenters. The van der Waals surface area contributed by atoms with Crippen molar-refractivity contribution in [2.45, 2.75) is 0 Å². The minimum Gasteiger partial charge on any atom is -0.289 e. The molecule has 0 saturated carbocycles. The van der Waals surface area contributed by atoms with E-state index in [0.29, 0.717) is 11.1 Å². The highest BCUT2D eigenvalue weighted by Gasteiger charge is 2.13. The highest BCUT2D eigenvalue weighted by molar-refractivity contribution is 6.09. The quantitative estimate of drug-likeness (QED) is 0.622. The monoisotopic (exact) mass is 210 g/mol. The summed E-state index contributed by atoms with van der Waals surface area (Å²) in [5.74, 6) is -0.168. The molecule has 2 rings (SSSR count). The number of allylic oxidation sites excluding steroid dienone is 10. The van der Waals surface area contributed by atoms with Gasteiger partial charge in [0.25, 0.3) is 0 Å². The molecule has 2 nitrogen and oxygen atoms in total. The van der Waals surface area contributed by atoms with Gasteiger partial charge in [-0.1, -0.05) is 25.3 Å². The summed E-state index contributed by atoms with van der Waals surface area (Å²) in [6, 6.07) is 0. The molecule has 0 aromatic heterocycles. The topological polar surface area (TPSA) is 34.1 Å². The van der Waals surface area contributed by atoms with Crippen LogP contribution >= 0.6 is 0 Å². The van der Waals surface area contributed by atoms with Crippen molar-refractivity contribution in [3.05, 3.63) is 71.9 Å². The van der Waals surface area contributed by atoms with Gasteiger partial charge in [-0.25, -0.2) is 0 Å². The van der Waals surface area contributed by atoms with Crippen molar-refractivity contribution in [1.82, 2.24) is 0 Å². The first kappa shape index (κ1) is 10.3. The van der Waals surface area contributed by atoms with Crippen LogP contribution in [-0.2, 0) is 9.59 Å². The molecule has 0 N–H and O–H groups in total. The van der Waals surface area contributed by atoms with Crippen LogP contribution in [0.15, 0.2) is 71.9 Å². The molecule has 2 heteroatoms. The van der Waals surface area contributed by atoms with E-state index in [1.807, 2.05) is 0 Å². The normalized spacial score (nSPS) is 20.0. The molecule has 2 aliphatic carbocycles. The van der Waals surface area contributed by atoms with E-state index >= 15 is 0 Å². The van der Waals surface area contributed by atoms with Crippen molar-refractivity contribution in [1.29, 1.82) is 0 Å². The Balaban J connectivity index is 2.36. The smallest absolute Gasteiger partial charge is 0.185 e. The summed E-state index contributed by atoms with van der Waals surface area (Å²) >= 11 is 0.